The van der Waals surface area contributed by atoms with Gasteiger partial charge >= 0.3 is 6.03 Å². The van der Waals surface area contributed by atoms with Gasteiger partial charge in [-0.25, -0.2) is 9.48 Å². The molecule has 8 nitrogen and oxygen atoms in total. The standard InChI is InChI=1S/C15H14N6O2S2/c22-13(17-14(23)16-11-5-2-1-3-6-11)10-25-15-18-19-20-21(15)9-12-7-4-8-24-12/h1-8H,9-10H2,(H2,16,17,22,23). The smallest absolute Gasteiger partial charge is 0.308 e. The molecule has 0 saturated carbocycles. The van der Waals surface area contributed by atoms with Crippen LogP contribution in [0.4, 0.5) is 10.5 Å². The minimum atomic E-state index is -0.574. The number of urea groups is 1. The number of carbonyl (C=O) groups is 2. The number of aromatic nitrogens is 4. The van der Waals surface area contributed by atoms with E-state index in [4.69, 9.17) is 0 Å². The quantitative estimate of drug-likeness (QED) is 0.642. The van der Waals surface area contributed by atoms with Gasteiger partial charge in [0.1, 0.15) is 0 Å². The Morgan fingerprint density at radius 2 is 2.00 bits per heavy atom. The molecule has 2 heterocycles. The first kappa shape index (κ1) is 17.1. The zero-order valence-electron chi connectivity index (χ0n) is 13.0. The lowest BCUT2D eigenvalue weighted by Crippen LogP contribution is -2.35. The molecule has 0 saturated heterocycles. The molecule has 0 unspecified atom stereocenters. The lowest BCUT2D eigenvalue weighted by Gasteiger charge is -2.06. The second-order valence-corrected chi connectivity index (χ2v) is 6.83. The molecular formula is C15H14N6O2S2. The van der Waals surface area contributed by atoms with E-state index in [0.29, 0.717) is 17.4 Å². The van der Waals surface area contributed by atoms with Gasteiger partial charge in [0.2, 0.25) is 11.1 Å². The SMILES string of the molecule is O=C(CSc1nnnn1Cc1cccs1)NC(=O)Nc1ccccc1. The van der Waals surface area contributed by atoms with Crippen molar-refractivity contribution in [3.05, 3.63) is 52.7 Å². The summed E-state index contributed by atoms with van der Waals surface area (Å²) in [5.41, 5.74) is 0.611. The van der Waals surface area contributed by atoms with Crippen molar-refractivity contribution in [3.63, 3.8) is 0 Å². The van der Waals surface area contributed by atoms with Crippen LogP contribution in [0, 0.1) is 0 Å². The molecule has 128 valence electrons. The van der Waals surface area contributed by atoms with Gasteiger partial charge in [-0.15, -0.1) is 16.4 Å². The van der Waals surface area contributed by atoms with Crippen molar-refractivity contribution < 1.29 is 9.59 Å². The molecule has 3 amide bonds. The van der Waals surface area contributed by atoms with Gasteiger partial charge in [0.25, 0.3) is 0 Å². The fraction of sp³-hybridized carbons (Fsp3) is 0.133. The average molecular weight is 374 g/mol. The highest BCUT2D eigenvalue weighted by Gasteiger charge is 2.13. The molecule has 10 heteroatoms. The molecule has 0 aliphatic carbocycles. The number of benzene rings is 1. The fourth-order valence-corrected chi connectivity index (χ4v) is 3.29. The lowest BCUT2D eigenvalue weighted by atomic mass is 10.3. The molecular weight excluding hydrogens is 360 g/mol. The Kier molecular flexibility index (Phi) is 5.75. The molecule has 0 spiro atoms. The van der Waals surface area contributed by atoms with Gasteiger partial charge < -0.3 is 5.32 Å². The second-order valence-electron chi connectivity index (χ2n) is 4.86. The predicted molar refractivity (Wildman–Crippen MR) is 95.6 cm³/mol. The Morgan fingerprint density at radius 1 is 1.16 bits per heavy atom. The summed E-state index contributed by atoms with van der Waals surface area (Å²) in [6, 6.07) is 12.3. The highest BCUT2D eigenvalue weighted by molar-refractivity contribution is 7.99. The number of hydrogen-bond acceptors (Lipinski definition) is 7. The molecule has 0 fully saturated rings. The van der Waals surface area contributed by atoms with Crippen LogP contribution < -0.4 is 10.6 Å². The highest BCUT2D eigenvalue weighted by atomic mass is 32.2. The Hall–Kier alpha value is -2.72. The Bertz CT molecular complexity index is 835. The molecule has 2 N–H and O–H groups in total. The number of amides is 3. The number of nitrogens with zero attached hydrogens (tertiary/aromatic N) is 4. The number of tetrazole rings is 1. The maximum Gasteiger partial charge on any atom is 0.325 e. The number of hydrogen-bond donors (Lipinski definition) is 2. The van der Waals surface area contributed by atoms with Crippen molar-refractivity contribution in [2.45, 2.75) is 11.7 Å². The third kappa shape index (κ3) is 5.13. The molecule has 3 aromatic rings. The van der Waals surface area contributed by atoms with Crippen molar-refractivity contribution in [2.75, 3.05) is 11.1 Å². The normalized spacial score (nSPS) is 10.4. The van der Waals surface area contributed by atoms with Gasteiger partial charge in [-0.05, 0) is 34.0 Å². The summed E-state index contributed by atoms with van der Waals surface area (Å²) in [4.78, 5) is 24.8. The van der Waals surface area contributed by atoms with E-state index in [-0.39, 0.29) is 5.75 Å². The Labute approximate surface area is 151 Å². The van der Waals surface area contributed by atoms with Crippen LogP contribution in [0.25, 0.3) is 0 Å². The minimum Gasteiger partial charge on any atom is -0.308 e. The maximum absolute atomic E-state index is 11.9. The van der Waals surface area contributed by atoms with E-state index >= 15 is 0 Å². The zero-order chi connectivity index (χ0) is 17.5. The van der Waals surface area contributed by atoms with Crippen molar-refractivity contribution in [3.8, 4) is 0 Å². The van der Waals surface area contributed by atoms with E-state index in [1.807, 2.05) is 23.6 Å². The molecule has 25 heavy (non-hydrogen) atoms. The van der Waals surface area contributed by atoms with Crippen LogP contribution >= 0.6 is 23.1 Å². The van der Waals surface area contributed by atoms with Gasteiger partial charge in [0.05, 0.1) is 12.3 Å². The number of rotatable bonds is 6. The maximum atomic E-state index is 11.9. The first-order valence-corrected chi connectivity index (χ1v) is 9.14. The molecule has 1 aromatic carbocycles. The van der Waals surface area contributed by atoms with E-state index in [2.05, 4.69) is 26.2 Å². The predicted octanol–water partition coefficient (Wildman–Crippen LogP) is 2.22. The van der Waals surface area contributed by atoms with Crippen LogP contribution in [0.5, 0.6) is 0 Å². The molecule has 0 bridgehead atoms. The van der Waals surface area contributed by atoms with E-state index < -0.39 is 11.9 Å². The minimum absolute atomic E-state index is 0.0347. The summed E-state index contributed by atoms with van der Waals surface area (Å²) in [6.07, 6.45) is 0. The topological polar surface area (TPSA) is 102 Å². The van der Waals surface area contributed by atoms with Gasteiger partial charge in [-0.3, -0.25) is 10.1 Å². The van der Waals surface area contributed by atoms with Crippen LogP contribution in [0.3, 0.4) is 0 Å². The molecule has 3 rings (SSSR count). The van der Waals surface area contributed by atoms with Gasteiger partial charge in [0.15, 0.2) is 0 Å². The zero-order valence-corrected chi connectivity index (χ0v) is 14.6. The van der Waals surface area contributed by atoms with Crippen LogP contribution in [0.15, 0.2) is 53.0 Å². The highest BCUT2D eigenvalue weighted by Crippen LogP contribution is 2.16. The summed E-state index contributed by atoms with van der Waals surface area (Å²) in [7, 11) is 0. The summed E-state index contributed by atoms with van der Waals surface area (Å²) < 4.78 is 1.62. The fourth-order valence-electron chi connectivity index (χ4n) is 1.93. The van der Waals surface area contributed by atoms with Gasteiger partial charge in [0, 0.05) is 10.6 Å². The Morgan fingerprint density at radius 3 is 2.76 bits per heavy atom. The average Bonchev–Trinajstić information content (AvgIpc) is 3.26. The van der Waals surface area contributed by atoms with Gasteiger partial charge in [-0.2, -0.15) is 0 Å². The van der Waals surface area contributed by atoms with Gasteiger partial charge in [-0.1, -0.05) is 36.0 Å². The van der Waals surface area contributed by atoms with Crippen LogP contribution in [-0.2, 0) is 11.3 Å². The number of carbonyl (C=O) groups excluding carboxylic acids is 2. The number of nitrogens with one attached hydrogen (secondary N) is 2. The van der Waals surface area contributed by atoms with Crippen molar-refractivity contribution in [2.24, 2.45) is 0 Å². The first-order chi connectivity index (χ1) is 12.2. The largest absolute Gasteiger partial charge is 0.325 e. The van der Waals surface area contributed by atoms with Crippen molar-refractivity contribution >= 4 is 40.7 Å². The number of thioether (sulfide) groups is 1. The first-order valence-electron chi connectivity index (χ1n) is 7.28. The van der Waals surface area contributed by atoms with Crippen LogP contribution in [-0.4, -0.2) is 37.9 Å². The van der Waals surface area contributed by atoms with E-state index in [9.17, 15) is 9.59 Å². The monoisotopic (exact) mass is 374 g/mol. The molecule has 0 radical (unpaired) electrons. The van der Waals surface area contributed by atoms with Crippen LogP contribution in [0.1, 0.15) is 4.88 Å². The molecule has 2 aromatic heterocycles. The molecule has 0 aliphatic heterocycles. The third-order valence-corrected chi connectivity index (χ3v) is 4.82. The number of para-hydroxylation sites is 1. The summed E-state index contributed by atoms with van der Waals surface area (Å²) in [5, 5.41) is 18.8. The number of imide groups is 1. The second kappa shape index (κ2) is 8.40. The summed E-state index contributed by atoms with van der Waals surface area (Å²) >= 11 is 2.78. The van der Waals surface area contributed by atoms with E-state index in [0.717, 1.165) is 4.88 Å². The number of thiophene rings is 1. The lowest BCUT2D eigenvalue weighted by molar-refractivity contribution is -0.117. The molecule has 0 atom stereocenters. The third-order valence-electron chi connectivity index (χ3n) is 3.00. The summed E-state index contributed by atoms with van der Waals surface area (Å²) in [6.45, 7) is 0.545. The summed E-state index contributed by atoms with van der Waals surface area (Å²) in [5.74, 6) is -0.392. The Balaban J connectivity index is 1.48. The van der Waals surface area contributed by atoms with E-state index in [1.165, 1.54) is 11.8 Å². The van der Waals surface area contributed by atoms with Crippen molar-refractivity contribution in [1.82, 2.24) is 25.5 Å². The molecule has 0 aliphatic rings. The number of anilines is 1. The van der Waals surface area contributed by atoms with Crippen LogP contribution in [0.2, 0.25) is 0 Å². The van der Waals surface area contributed by atoms with E-state index in [1.54, 1.807) is 40.3 Å². The van der Waals surface area contributed by atoms with Crippen molar-refractivity contribution in [1.29, 1.82) is 0 Å².